The summed E-state index contributed by atoms with van der Waals surface area (Å²) in [5, 5.41) is 107. The lowest BCUT2D eigenvalue weighted by Gasteiger charge is -2.31. The number of phenols is 1. The van der Waals surface area contributed by atoms with E-state index in [1.54, 1.807) is 45.9 Å². The minimum atomic E-state index is -2.16. The predicted octanol–water partition coefficient (Wildman–Crippen LogP) is -5.21. The van der Waals surface area contributed by atoms with Crippen molar-refractivity contribution in [2.45, 2.75) is 217 Å². The van der Waals surface area contributed by atoms with E-state index in [0.717, 1.165) is 11.8 Å². The maximum Gasteiger partial charge on any atom is 0.336 e. The van der Waals surface area contributed by atoms with Crippen molar-refractivity contribution >= 4 is 152 Å². The van der Waals surface area contributed by atoms with Crippen LogP contribution in [0, 0.1) is 11.8 Å². The number of carboxylic acid groups (broad SMARTS) is 4. The molecule has 0 aromatic heterocycles. The molecule has 0 radical (unpaired) electrons. The number of hydrogen-bond acceptors (Lipinski definition) is 27. The van der Waals surface area contributed by atoms with Crippen LogP contribution in [0.25, 0.3) is 33.4 Å². The highest BCUT2D eigenvalue weighted by Gasteiger charge is 2.43. The van der Waals surface area contributed by atoms with Gasteiger partial charge in [-0.25, -0.2) is 9.59 Å². The van der Waals surface area contributed by atoms with Gasteiger partial charge in [0.1, 0.15) is 83.6 Å². The van der Waals surface area contributed by atoms with Crippen LogP contribution in [-0.4, -0.2) is 283 Å². The maximum absolute atomic E-state index is 14.3. The molecule has 0 unspecified atom stereocenters. The van der Waals surface area contributed by atoms with Gasteiger partial charge < -0.3 is 142 Å². The second kappa shape index (κ2) is 53.1. The van der Waals surface area contributed by atoms with Crippen molar-refractivity contribution in [2.75, 3.05) is 51.2 Å². The minimum absolute atomic E-state index is 0.0158. The van der Waals surface area contributed by atoms with Gasteiger partial charge in [-0.2, -0.15) is 0 Å². The number of aliphatic carboxylic acids is 3. The summed E-state index contributed by atoms with van der Waals surface area (Å²) in [4.78, 5) is 278. The molecule has 722 valence electrons. The number of rotatable bonds is 55. The predicted molar refractivity (Wildman–Crippen MR) is 470 cm³/mol. The molecule has 28 N–H and O–H groups in total. The topological polar surface area (TPSA) is 775 Å². The molecule has 2 heterocycles. The molecule has 1 aliphatic carbocycles. The fourth-order valence-corrected chi connectivity index (χ4v) is 13.8. The summed E-state index contributed by atoms with van der Waals surface area (Å²) in [6.45, 7) is 6.70. The number of likely N-dealkylation sites (tertiary alicyclic amines) is 1. The average molecular weight is 1880 g/mol. The van der Waals surface area contributed by atoms with Crippen molar-refractivity contribution in [3.63, 3.8) is 0 Å². The number of anilines is 1. The summed E-state index contributed by atoms with van der Waals surface area (Å²) in [5.74, 6) is -23.5. The Kier molecular flexibility index (Phi) is 43.7. The van der Waals surface area contributed by atoms with E-state index < -0.39 is 249 Å². The number of unbranched alkanes of at least 4 members (excludes halogenated alkanes) is 1. The van der Waals surface area contributed by atoms with E-state index in [2.05, 4.69) is 79.8 Å². The number of aliphatic hydroxyl groups excluding tert-OH is 2. The Morgan fingerprint density at radius 2 is 1.02 bits per heavy atom. The van der Waals surface area contributed by atoms with Gasteiger partial charge in [0.15, 0.2) is 10.5 Å². The number of thiocarbonyl (C=S) groups is 1. The molecule has 3 aliphatic rings. The SMILES string of the molecule is CC(C)C[C@H](NC(=O)[C@H](CCCCN)NC(=O)[C@H](CCC(N)=O)NC(=O)[C@H](CC(N)=O)NC(=O)[C@H](CC(C)C)NC(=O)[C@H](CC(=O)O)NC(=O)[C@H](CCC(=O)O)NC(=O)[C@@H]1CCCN1C(=O)[C@@H](NC(=O)[C@H](C)NC(=O)CNC(=O)CCNC(=O)CCNC(=O)CCNC(=S)Nc1ccc(-c2c3ccc(=O)cc-3oc3cc(O)ccc23)c(C(=O)O)c1)[C@@H](C)O)C(=O)N[C@@H](CO)C(=O)O. The molecule has 1 saturated heterocycles. The molecular formula is C83H115N19O29S. The molecule has 0 spiro atoms. The Hall–Kier alpha value is -14.1. The minimum Gasteiger partial charge on any atom is -0.508 e. The van der Waals surface area contributed by atoms with E-state index in [4.69, 9.17) is 33.8 Å². The van der Waals surface area contributed by atoms with Crippen LogP contribution in [0.5, 0.6) is 5.75 Å². The number of carbonyl (C=O) groups excluding carboxylic acids is 16. The fraction of sp³-hybridized carbons (Fsp3) is 0.518. The van der Waals surface area contributed by atoms with Crippen LogP contribution >= 0.6 is 12.2 Å². The molecule has 132 heavy (non-hydrogen) atoms. The molecule has 16 amide bonds. The maximum atomic E-state index is 14.3. The zero-order valence-corrected chi connectivity index (χ0v) is 74.1. The van der Waals surface area contributed by atoms with Crippen molar-refractivity contribution in [2.24, 2.45) is 29.0 Å². The van der Waals surface area contributed by atoms with E-state index in [9.17, 15) is 136 Å². The van der Waals surface area contributed by atoms with E-state index in [-0.39, 0.29) is 141 Å². The molecule has 0 bridgehead atoms. The molecule has 49 heteroatoms. The van der Waals surface area contributed by atoms with Crippen LogP contribution in [0.15, 0.2) is 63.8 Å². The first kappa shape index (κ1) is 108. The van der Waals surface area contributed by atoms with Gasteiger partial charge >= 0.3 is 23.9 Å². The number of amides is 16. The number of hydrogen-bond donors (Lipinski definition) is 25. The number of carboxylic acids is 4. The number of nitrogens with one attached hydrogen (secondary N) is 15. The number of nitrogens with zero attached hydrogens (tertiary/aromatic N) is 1. The van der Waals surface area contributed by atoms with Crippen molar-refractivity contribution in [3.8, 4) is 28.2 Å². The van der Waals surface area contributed by atoms with Gasteiger partial charge in [0.25, 0.3) is 0 Å². The number of nitrogens with two attached hydrogens (primary N) is 3. The summed E-state index contributed by atoms with van der Waals surface area (Å²) in [5.41, 5.74) is 17.7. The van der Waals surface area contributed by atoms with Crippen molar-refractivity contribution in [1.29, 1.82) is 0 Å². The van der Waals surface area contributed by atoms with Crippen LogP contribution in [0.3, 0.4) is 0 Å². The Bertz CT molecular complexity index is 4930. The first-order valence-electron chi connectivity index (χ1n) is 42.2. The van der Waals surface area contributed by atoms with Gasteiger partial charge in [-0.15, -0.1) is 0 Å². The van der Waals surface area contributed by atoms with Crippen LogP contribution in [0.1, 0.15) is 155 Å². The standard InChI is InChI=1S/C83H115N19O29S/c1-39(2)30-53(75(121)98-55(35-62(86)108)77(123)94-51(18-20-61(85)107)73(119)93-50(10-7-8-25-84)72(118)96-54(31-40(3)4)76(122)100-57(38-103)82(129)130)97-78(124)56(36-68(115)116)99-74(120)52(19-21-67(113)114)95-79(125)58-11-9-29-102(58)80(126)70(42(6)104)101-71(117)41(5)91-66(112)37-90-65(111)23-27-88-63(109)22-26-87-64(110)24-28-89-83(132)92-43-12-15-46(49(32-43)81(127)128)69-47-16-13-44(105)33-59(47)131-60-34-45(106)14-17-48(60)69/h12-17,32-34,39-42,50-58,70,103-105H,7-11,18-31,35-38,84H2,1-6H3,(H2,85,107)(H2,86,108)(H,87,110)(H,88,109)(H,90,111)(H,91,112)(H,93,119)(H,94,123)(H,95,125)(H,96,118)(H,97,124)(H,98,121)(H,99,120)(H,100,122)(H,101,117)(H,113,114)(H,115,116)(H,127,128)(H,129,130)(H2,89,92,132)/t41-,42+,50-,51-,52-,53-,54-,55-,56-,57-,58-,70-/m0/s1. The number of aliphatic hydroxyl groups is 2. The van der Waals surface area contributed by atoms with Gasteiger partial charge in [0, 0.05) is 92.6 Å². The van der Waals surface area contributed by atoms with Crippen molar-refractivity contribution in [3.05, 3.63) is 70.4 Å². The highest BCUT2D eigenvalue weighted by Crippen LogP contribution is 2.42. The summed E-state index contributed by atoms with van der Waals surface area (Å²) >= 11 is 5.38. The first-order chi connectivity index (χ1) is 62.2. The van der Waals surface area contributed by atoms with Gasteiger partial charge in [-0.1, -0.05) is 33.8 Å². The largest absolute Gasteiger partial charge is 0.508 e. The van der Waals surface area contributed by atoms with Crippen molar-refractivity contribution < 1.29 is 136 Å². The average Bonchev–Trinajstić information content (AvgIpc) is 0.830. The van der Waals surface area contributed by atoms with Gasteiger partial charge in [-0.3, -0.25) is 91.1 Å². The number of phenolic OH excluding ortho intramolecular Hbond substituents is 1. The molecule has 2 aromatic carbocycles. The lowest BCUT2D eigenvalue weighted by atomic mass is 9.90. The third-order valence-electron chi connectivity index (χ3n) is 20.2. The third-order valence-corrected chi connectivity index (χ3v) is 20.5. The lowest BCUT2D eigenvalue weighted by Crippen LogP contribution is -2.61. The van der Waals surface area contributed by atoms with E-state index in [0.29, 0.717) is 22.9 Å². The Balaban J connectivity index is 1.12. The van der Waals surface area contributed by atoms with Crippen LogP contribution in [0.2, 0.25) is 0 Å². The normalized spacial score (nSPS) is 14.8. The number of benzene rings is 3. The Morgan fingerprint density at radius 3 is 1.55 bits per heavy atom. The van der Waals surface area contributed by atoms with Gasteiger partial charge in [0.2, 0.25) is 94.5 Å². The Morgan fingerprint density at radius 1 is 0.515 bits per heavy atom. The molecule has 1 fully saturated rings. The van der Waals surface area contributed by atoms with Crippen molar-refractivity contribution in [1.82, 2.24) is 79.3 Å². The Labute approximate surface area is 760 Å². The molecule has 48 nitrogen and oxygen atoms in total. The van der Waals surface area contributed by atoms with Crippen LogP contribution < -0.4 is 102 Å². The molecular weight excluding hydrogens is 1760 g/mol. The van der Waals surface area contributed by atoms with Crippen LogP contribution in [-0.2, 0) is 91.1 Å². The zero-order valence-electron chi connectivity index (χ0n) is 73.2. The number of aromatic carboxylic acids is 1. The smallest absolute Gasteiger partial charge is 0.336 e. The van der Waals surface area contributed by atoms with Crippen LogP contribution in [0.4, 0.5) is 5.69 Å². The molecule has 0 saturated carbocycles. The number of aromatic hydroxyl groups is 1. The third kappa shape index (κ3) is 35.7. The van der Waals surface area contributed by atoms with E-state index in [1.165, 1.54) is 43.3 Å². The first-order valence-corrected chi connectivity index (χ1v) is 42.6. The molecule has 5 rings (SSSR count). The lowest BCUT2D eigenvalue weighted by molar-refractivity contribution is -0.145. The molecule has 12 atom stereocenters. The number of carbonyl (C=O) groups is 20. The highest BCUT2D eigenvalue weighted by molar-refractivity contribution is 7.80. The summed E-state index contributed by atoms with van der Waals surface area (Å²) in [6.07, 6.45) is -7.46. The quantitative estimate of drug-likeness (QED) is 0.0112. The summed E-state index contributed by atoms with van der Waals surface area (Å²) in [7, 11) is 0. The monoisotopic (exact) mass is 1870 g/mol. The second-order valence-electron chi connectivity index (χ2n) is 32.0. The second-order valence-corrected chi connectivity index (χ2v) is 32.4. The van der Waals surface area contributed by atoms with E-state index in [1.807, 2.05) is 0 Å². The van der Waals surface area contributed by atoms with E-state index >= 15 is 0 Å². The van der Waals surface area contributed by atoms with Gasteiger partial charge in [0.05, 0.1) is 37.7 Å². The number of fused-ring (bicyclic) bond motifs is 2. The fourth-order valence-electron chi connectivity index (χ4n) is 13.6. The van der Waals surface area contributed by atoms with Gasteiger partial charge in [-0.05, 0) is 144 Å². The summed E-state index contributed by atoms with van der Waals surface area (Å²) in [6, 6.07) is -6.31. The molecule has 2 aliphatic heterocycles. The summed E-state index contributed by atoms with van der Waals surface area (Å²) < 4.78 is 5.88. The zero-order chi connectivity index (χ0) is 98.5. The number of primary amides is 2. The molecule has 2 aromatic rings. The highest BCUT2D eigenvalue weighted by atomic mass is 32.1.